The Hall–Kier alpha value is -3.25. The number of amides is 1. The van der Waals surface area contributed by atoms with Gasteiger partial charge in [-0.05, 0) is 91.0 Å². The molecule has 4 aromatic rings. The predicted octanol–water partition coefficient (Wildman–Crippen LogP) is 7.78. The number of hydrogen-bond acceptors (Lipinski definition) is 5. The van der Waals surface area contributed by atoms with E-state index in [9.17, 15) is 14.3 Å². The first-order valence-electron chi connectivity index (χ1n) is 15.8. The molecule has 2 atom stereocenters. The fourth-order valence-electron chi connectivity index (χ4n) is 6.95. The normalized spacial score (nSPS) is 17.6. The van der Waals surface area contributed by atoms with Crippen LogP contribution in [-0.4, -0.2) is 65.5 Å². The third-order valence-corrected chi connectivity index (χ3v) is 11.2. The van der Waals surface area contributed by atoms with Crippen LogP contribution < -0.4 is 0 Å². The largest absolute Gasteiger partial charge is 0.375 e. The van der Waals surface area contributed by atoms with Gasteiger partial charge < -0.3 is 14.5 Å². The van der Waals surface area contributed by atoms with Crippen molar-refractivity contribution in [2.75, 3.05) is 45.6 Å². The smallest absolute Gasteiger partial charge is 0.254 e. The summed E-state index contributed by atoms with van der Waals surface area (Å²) in [4.78, 5) is 19.7. The van der Waals surface area contributed by atoms with E-state index in [2.05, 4.69) is 17.0 Å². The van der Waals surface area contributed by atoms with Crippen molar-refractivity contribution in [3.05, 3.63) is 111 Å². The monoisotopic (exact) mass is 673 g/mol. The number of carbonyl (C=O) groups is 1. The Morgan fingerprint density at radius 2 is 1.76 bits per heavy atom. The van der Waals surface area contributed by atoms with Crippen molar-refractivity contribution >= 4 is 50.7 Å². The van der Waals surface area contributed by atoms with Crippen molar-refractivity contribution in [1.82, 2.24) is 9.80 Å². The zero-order valence-corrected chi connectivity index (χ0v) is 28.2. The lowest BCUT2D eigenvalue weighted by atomic mass is 9.88. The average molecular weight is 675 g/mol. The number of nitrogens with zero attached hydrogens (tertiary/aromatic N) is 3. The van der Waals surface area contributed by atoms with E-state index in [0.29, 0.717) is 52.3 Å². The third-order valence-electron chi connectivity index (χ3n) is 9.44. The second-order valence-corrected chi connectivity index (χ2v) is 14.3. The van der Waals surface area contributed by atoms with Crippen molar-refractivity contribution in [3.8, 4) is 6.07 Å². The Labute approximate surface area is 283 Å². The summed E-state index contributed by atoms with van der Waals surface area (Å²) in [5, 5.41) is 12.6. The fourth-order valence-corrected chi connectivity index (χ4v) is 8.09. The molecule has 0 radical (unpaired) electrons. The lowest BCUT2D eigenvalue weighted by Gasteiger charge is -2.35. The van der Waals surface area contributed by atoms with E-state index >= 15 is 0 Å². The van der Waals surface area contributed by atoms with Crippen molar-refractivity contribution in [2.24, 2.45) is 0 Å². The number of carbonyl (C=O) groups excluding carboxylic acids is 1. The summed E-state index contributed by atoms with van der Waals surface area (Å²) in [6.07, 6.45) is 4.61. The maximum atomic E-state index is 14.4. The van der Waals surface area contributed by atoms with Crippen LogP contribution in [0.25, 0.3) is 10.8 Å². The molecule has 6 rings (SSSR count). The van der Waals surface area contributed by atoms with Gasteiger partial charge in [-0.25, -0.2) is 0 Å². The minimum Gasteiger partial charge on any atom is -0.375 e. The van der Waals surface area contributed by atoms with Gasteiger partial charge in [0.05, 0.1) is 51.3 Å². The SMILES string of the molecule is C[S@](=O)c1ccccc1C1CCN(CC[C@H](CN2CCOCc3c(C#N)cc4ccccc4c3C2=O)c2ccc(Cl)c(Cl)c2)CC1. The van der Waals surface area contributed by atoms with E-state index in [1.165, 1.54) is 5.56 Å². The van der Waals surface area contributed by atoms with E-state index in [4.69, 9.17) is 27.9 Å². The maximum Gasteiger partial charge on any atom is 0.254 e. The molecule has 2 aliphatic rings. The summed E-state index contributed by atoms with van der Waals surface area (Å²) in [5.41, 5.74) is 3.93. The molecule has 2 heterocycles. The van der Waals surface area contributed by atoms with Crippen molar-refractivity contribution in [1.29, 1.82) is 5.26 Å². The van der Waals surface area contributed by atoms with E-state index in [0.717, 1.165) is 60.1 Å². The topological polar surface area (TPSA) is 73.6 Å². The molecular formula is C37H37Cl2N3O3S. The van der Waals surface area contributed by atoms with E-state index in [1.54, 1.807) is 6.26 Å². The number of fused-ring (bicyclic) bond motifs is 3. The molecule has 238 valence electrons. The average Bonchev–Trinajstić information content (AvgIpc) is 3.07. The first kappa shape index (κ1) is 32.7. The Bertz CT molecular complexity index is 1820. The molecule has 1 amide bonds. The molecule has 0 bridgehead atoms. The molecule has 6 nitrogen and oxygen atoms in total. The number of halogens is 2. The zero-order valence-electron chi connectivity index (χ0n) is 25.9. The van der Waals surface area contributed by atoms with Crippen LogP contribution in [0.5, 0.6) is 0 Å². The van der Waals surface area contributed by atoms with Gasteiger partial charge in [0, 0.05) is 35.7 Å². The molecule has 1 saturated heterocycles. The number of piperidine rings is 1. The second kappa shape index (κ2) is 14.7. The van der Waals surface area contributed by atoms with Crippen LogP contribution >= 0.6 is 23.2 Å². The van der Waals surface area contributed by atoms with Crippen molar-refractivity contribution in [3.63, 3.8) is 0 Å². The van der Waals surface area contributed by atoms with Crippen LogP contribution in [0.3, 0.4) is 0 Å². The predicted molar refractivity (Wildman–Crippen MR) is 185 cm³/mol. The molecular weight excluding hydrogens is 637 g/mol. The molecule has 46 heavy (non-hydrogen) atoms. The molecule has 0 unspecified atom stereocenters. The summed E-state index contributed by atoms with van der Waals surface area (Å²) < 4.78 is 18.4. The number of nitriles is 1. The molecule has 0 spiro atoms. The molecule has 0 aromatic heterocycles. The highest BCUT2D eigenvalue weighted by atomic mass is 35.5. The molecule has 2 aliphatic heterocycles. The highest BCUT2D eigenvalue weighted by Gasteiger charge is 2.30. The van der Waals surface area contributed by atoms with Crippen LogP contribution in [0.4, 0.5) is 0 Å². The van der Waals surface area contributed by atoms with Gasteiger partial charge in [-0.2, -0.15) is 5.26 Å². The fraction of sp³-hybridized carbons (Fsp3) is 0.351. The number of benzene rings is 4. The van der Waals surface area contributed by atoms with E-state index < -0.39 is 10.8 Å². The Morgan fingerprint density at radius 3 is 2.52 bits per heavy atom. The van der Waals surface area contributed by atoms with Gasteiger partial charge in [-0.15, -0.1) is 0 Å². The van der Waals surface area contributed by atoms with Crippen LogP contribution in [0.1, 0.15) is 63.7 Å². The molecule has 0 saturated carbocycles. The summed E-state index contributed by atoms with van der Waals surface area (Å²) in [5.74, 6) is 0.325. The molecule has 0 N–H and O–H groups in total. The molecule has 4 aromatic carbocycles. The minimum atomic E-state index is -1.01. The number of rotatable bonds is 8. The second-order valence-electron chi connectivity index (χ2n) is 12.2. The Morgan fingerprint density at radius 1 is 1.00 bits per heavy atom. The lowest BCUT2D eigenvalue weighted by Crippen LogP contribution is -2.40. The van der Waals surface area contributed by atoms with Gasteiger partial charge in [0.1, 0.15) is 0 Å². The molecule has 0 aliphatic carbocycles. The van der Waals surface area contributed by atoms with Gasteiger partial charge >= 0.3 is 0 Å². The van der Waals surface area contributed by atoms with Gasteiger partial charge in [0.2, 0.25) is 0 Å². The highest BCUT2D eigenvalue weighted by Crippen LogP contribution is 2.35. The molecule has 9 heteroatoms. The Kier molecular flexibility index (Phi) is 10.4. The van der Waals surface area contributed by atoms with Crippen LogP contribution in [0, 0.1) is 11.3 Å². The summed E-state index contributed by atoms with van der Waals surface area (Å²) in [7, 11) is -1.01. The van der Waals surface area contributed by atoms with Crippen LogP contribution in [0.15, 0.2) is 77.7 Å². The van der Waals surface area contributed by atoms with Gasteiger partial charge in [0.15, 0.2) is 0 Å². The zero-order chi connectivity index (χ0) is 32.2. The van der Waals surface area contributed by atoms with Gasteiger partial charge in [0.25, 0.3) is 5.91 Å². The number of hydrogen-bond donors (Lipinski definition) is 0. The third kappa shape index (κ3) is 7.02. The van der Waals surface area contributed by atoms with E-state index in [-0.39, 0.29) is 18.4 Å². The van der Waals surface area contributed by atoms with Crippen LogP contribution in [0.2, 0.25) is 10.0 Å². The maximum absolute atomic E-state index is 14.4. The van der Waals surface area contributed by atoms with Crippen LogP contribution in [-0.2, 0) is 22.1 Å². The van der Waals surface area contributed by atoms with Crippen molar-refractivity contribution < 1.29 is 13.7 Å². The standard InChI is InChI=1S/C37H37Cl2N3O3S/c1-46(44)35-9-5-4-7-30(35)25-12-15-41(16-13-25)17-14-28(26-10-11-33(38)34(39)21-26)23-42-18-19-45-24-32-29(22-40)20-27-6-2-3-8-31(27)36(32)37(42)43/h2-11,20-21,25,28H,12-19,23-24H2,1H3/t28-,46+/m1/s1. The highest BCUT2D eigenvalue weighted by molar-refractivity contribution is 7.84. The summed E-state index contributed by atoms with van der Waals surface area (Å²) >= 11 is 12.8. The van der Waals surface area contributed by atoms with Crippen molar-refractivity contribution in [2.45, 2.75) is 42.6 Å². The summed E-state index contributed by atoms with van der Waals surface area (Å²) in [6.45, 7) is 4.33. The minimum absolute atomic E-state index is 0.00738. The quantitative estimate of drug-likeness (QED) is 0.191. The first-order chi connectivity index (χ1) is 22.3. The van der Waals surface area contributed by atoms with Gasteiger partial charge in [-0.3, -0.25) is 9.00 Å². The summed E-state index contributed by atoms with van der Waals surface area (Å²) in [6, 6.07) is 25.7. The Balaban J connectivity index is 1.23. The van der Waals surface area contributed by atoms with Gasteiger partial charge in [-0.1, -0.05) is 71.7 Å². The van der Waals surface area contributed by atoms with E-state index in [1.807, 2.05) is 71.6 Å². The molecule has 1 fully saturated rings. The first-order valence-corrected chi connectivity index (χ1v) is 18.1. The lowest BCUT2D eigenvalue weighted by molar-refractivity contribution is 0.0543. The number of likely N-dealkylation sites (tertiary alicyclic amines) is 1. The number of ether oxygens (including phenoxy) is 1.